The van der Waals surface area contributed by atoms with Gasteiger partial charge >= 0.3 is 0 Å². The first-order valence-electron chi connectivity index (χ1n) is 6.04. The third kappa shape index (κ3) is 2.00. The third-order valence-electron chi connectivity index (χ3n) is 3.79. The highest BCUT2D eigenvalue weighted by molar-refractivity contribution is 7.92. The minimum Gasteiger partial charge on any atom is -0.323 e. The summed E-state index contributed by atoms with van der Waals surface area (Å²) in [6, 6.07) is 7.39. The molecule has 0 radical (unpaired) electrons. The summed E-state index contributed by atoms with van der Waals surface area (Å²) in [7, 11) is -3.13. The van der Waals surface area contributed by atoms with Crippen LogP contribution in [-0.4, -0.2) is 18.9 Å². The van der Waals surface area contributed by atoms with Crippen LogP contribution in [-0.2, 0) is 16.3 Å². The molecule has 1 aromatic carbocycles. The molecule has 1 aromatic rings. The molecule has 1 aliphatic rings. The lowest BCUT2D eigenvalue weighted by Gasteiger charge is -2.20. The predicted octanol–water partition coefficient (Wildman–Crippen LogP) is 1.82. The Bertz CT molecular complexity index is 510. The fourth-order valence-corrected chi connectivity index (χ4v) is 4.47. The van der Waals surface area contributed by atoms with Crippen molar-refractivity contribution in [2.75, 3.05) is 0 Å². The van der Waals surface area contributed by atoms with Crippen molar-refractivity contribution in [2.45, 2.75) is 43.2 Å². The Labute approximate surface area is 103 Å². The minimum absolute atomic E-state index is 0.312. The normalized spacial score (nSPS) is 25.6. The zero-order chi connectivity index (χ0) is 12.6. The summed E-state index contributed by atoms with van der Waals surface area (Å²) in [5.41, 5.74) is 8.16. The van der Waals surface area contributed by atoms with Crippen LogP contribution in [0.25, 0.3) is 0 Å². The number of hydrogen-bond acceptors (Lipinski definition) is 3. The average Bonchev–Trinajstić information content (AvgIpc) is 2.67. The van der Waals surface area contributed by atoms with Crippen LogP contribution in [0.3, 0.4) is 0 Å². The molecule has 3 nitrogen and oxygen atoms in total. The topological polar surface area (TPSA) is 60.2 Å². The number of rotatable bonds is 3. The molecule has 4 heteroatoms. The van der Waals surface area contributed by atoms with Gasteiger partial charge in [0.1, 0.15) is 0 Å². The standard InChI is InChI=1S/C13H19NO2S/c1-3-9(2)17(15,16)12-8-10-6-4-5-7-11(10)13(12)14/h4-7,9,12-13H,3,8,14H2,1-2H3. The Morgan fingerprint density at radius 2 is 2.06 bits per heavy atom. The summed E-state index contributed by atoms with van der Waals surface area (Å²) >= 11 is 0. The first kappa shape index (κ1) is 12.6. The molecular weight excluding hydrogens is 234 g/mol. The molecule has 0 aromatic heterocycles. The number of fused-ring (bicyclic) bond motifs is 1. The van der Waals surface area contributed by atoms with Gasteiger partial charge in [-0.15, -0.1) is 0 Å². The van der Waals surface area contributed by atoms with E-state index in [2.05, 4.69) is 0 Å². The lowest BCUT2D eigenvalue weighted by Crippen LogP contribution is -2.36. The molecule has 3 unspecified atom stereocenters. The Morgan fingerprint density at radius 1 is 1.41 bits per heavy atom. The van der Waals surface area contributed by atoms with Gasteiger partial charge in [-0.1, -0.05) is 31.2 Å². The van der Waals surface area contributed by atoms with E-state index in [4.69, 9.17) is 5.73 Å². The second-order valence-corrected chi connectivity index (χ2v) is 7.36. The van der Waals surface area contributed by atoms with Crippen molar-refractivity contribution in [3.8, 4) is 0 Å². The van der Waals surface area contributed by atoms with E-state index in [9.17, 15) is 8.42 Å². The van der Waals surface area contributed by atoms with Gasteiger partial charge in [0.05, 0.1) is 10.5 Å². The van der Waals surface area contributed by atoms with Crippen molar-refractivity contribution >= 4 is 9.84 Å². The molecular formula is C13H19NO2S. The Morgan fingerprint density at radius 3 is 2.65 bits per heavy atom. The Hall–Kier alpha value is -0.870. The van der Waals surface area contributed by atoms with Gasteiger partial charge < -0.3 is 5.73 Å². The van der Waals surface area contributed by atoms with Gasteiger partial charge in [0.15, 0.2) is 9.84 Å². The molecule has 0 heterocycles. The summed E-state index contributed by atoms with van der Waals surface area (Å²) in [4.78, 5) is 0. The molecule has 2 rings (SSSR count). The summed E-state index contributed by atoms with van der Waals surface area (Å²) < 4.78 is 24.7. The van der Waals surface area contributed by atoms with Crippen LogP contribution >= 0.6 is 0 Å². The summed E-state index contributed by atoms with van der Waals surface area (Å²) in [6.07, 6.45) is 1.20. The van der Waals surface area contributed by atoms with Crippen molar-refractivity contribution in [2.24, 2.45) is 5.73 Å². The summed E-state index contributed by atoms with van der Waals surface area (Å²) in [5, 5.41) is -0.761. The SMILES string of the molecule is CCC(C)S(=O)(=O)C1Cc2ccccc2C1N. The molecule has 0 aliphatic heterocycles. The van der Waals surface area contributed by atoms with Crippen molar-refractivity contribution < 1.29 is 8.42 Å². The van der Waals surface area contributed by atoms with Crippen molar-refractivity contribution in [3.63, 3.8) is 0 Å². The largest absolute Gasteiger partial charge is 0.323 e. The Balaban J connectivity index is 2.35. The fraction of sp³-hybridized carbons (Fsp3) is 0.538. The molecule has 0 fully saturated rings. The van der Waals surface area contributed by atoms with Gasteiger partial charge in [-0.2, -0.15) is 0 Å². The Kier molecular flexibility index (Phi) is 3.27. The van der Waals surface area contributed by atoms with E-state index in [1.54, 1.807) is 6.92 Å². The van der Waals surface area contributed by atoms with E-state index in [1.807, 2.05) is 31.2 Å². The monoisotopic (exact) mass is 253 g/mol. The van der Waals surface area contributed by atoms with Crippen LogP contribution in [0.1, 0.15) is 37.4 Å². The first-order valence-corrected chi connectivity index (χ1v) is 7.65. The van der Waals surface area contributed by atoms with Gasteiger partial charge in [0.2, 0.25) is 0 Å². The van der Waals surface area contributed by atoms with Crippen molar-refractivity contribution in [1.29, 1.82) is 0 Å². The minimum atomic E-state index is -3.13. The van der Waals surface area contributed by atoms with Crippen LogP contribution in [0.4, 0.5) is 0 Å². The molecule has 1 aliphatic carbocycles. The van der Waals surface area contributed by atoms with Crippen LogP contribution < -0.4 is 5.73 Å². The van der Waals surface area contributed by atoms with Gasteiger partial charge in [-0.05, 0) is 30.9 Å². The molecule has 3 atom stereocenters. The number of nitrogens with two attached hydrogens (primary N) is 1. The zero-order valence-electron chi connectivity index (χ0n) is 10.3. The van der Waals surface area contributed by atoms with E-state index in [1.165, 1.54) is 0 Å². The highest BCUT2D eigenvalue weighted by Crippen LogP contribution is 2.35. The maximum Gasteiger partial charge on any atom is 0.157 e. The van der Waals surface area contributed by atoms with Crippen LogP contribution in [0.5, 0.6) is 0 Å². The second-order valence-electron chi connectivity index (χ2n) is 4.78. The maximum absolute atomic E-state index is 12.4. The van der Waals surface area contributed by atoms with E-state index in [-0.39, 0.29) is 11.3 Å². The second kappa shape index (κ2) is 4.42. The van der Waals surface area contributed by atoms with E-state index in [0.29, 0.717) is 12.8 Å². The molecule has 0 saturated heterocycles. The van der Waals surface area contributed by atoms with Gasteiger partial charge in [-0.3, -0.25) is 0 Å². The molecule has 94 valence electrons. The highest BCUT2D eigenvalue weighted by Gasteiger charge is 2.40. The fourth-order valence-electron chi connectivity index (χ4n) is 2.44. The average molecular weight is 253 g/mol. The smallest absolute Gasteiger partial charge is 0.157 e. The lowest BCUT2D eigenvalue weighted by molar-refractivity contribution is 0.551. The predicted molar refractivity (Wildman–Crippen MR) is 69.5 cm³/mol. The van der Waals surface area contributed by atoms with Gasteiger partial charge in [0, 0.05) is 6.04 Å². The van der Waals surface area contributed by atoms with E-state index in [0.717, 1.165) is 11.1 Å². The first-order chi connectivity index (χ1) is 7.98. The van der Waals surface area contributed by atoms with E-state index >= 15 is 0 Å². The van der Waals surface area contributed by atoms with Gasteiger partial charge in [-0.25, -0.2) is 8.42 Å². The molecule has 0 saturated carbocycles. The molecule has 0 spiro atoms. The quantitative estimate of drug-likeness (QED) is 0.894. The van der Waals surface area contributed by atoms with Crippen LogP contribution in [0.2, 0.25) is 0 Å². The molecule has 17 heavy (non-hydrogen) atoms. The number of benzene rings is 1. The van der Waals surface area contributed by atoms with Crippen molar-refractivity contribution in [3.05, 3.63) is 35.4 Å². The molecule has 0 amide bonds. The van der Waals surface area contributed by atoms with Crippen molar-refractivity contribution in [1.82, 2.24) is 0 Å². The molecule has 0 bridgehead atoms. The summed E-state index contributed by atoms with van der Waals surface area (Å²) in [5.74, 6) is 0. The van der Waals surface area contributed by atoms with Crippen LogP contribution in [0.15, 0.2) is 24.3 Å². The highest BCUT2D eigenvalue weighted by atomic mass is 32.2. The van der Waals surface area contributed by atoms with E-state index < -0.39 is 15.1 Å². The summed E-state index contributed by atoms with van der Waals surface area (Å²) in [6.45, 7) is 3.67. The lowest BCUT2D eigenvalue weighted by atomic mass is 10.1. The van der Waals surface area contributed by atoms with Crippen LogP contribution in [0, 0.1) is 0 Å². The number of hydrogen-bond donors (Lipinski definition) is 1. The zero-order valence-corrected chi connectivity index (χ0v) is 11.1. The number of sulfone groups is 1. The maximum atomic E-state index is 12.4. The van der Waals surface area contributed by atoms with Gasteiger partial charge in [0.25, 0.3) is 0 Å². The third-order valence-corrected chi connectivity index (χ3v) is 6.55. The molecule has 2 N–H and O–H groups in total.